The molecule has 0 radical (unpaired) electrons. The summed E-state index contributed by atoms with van der Waals surface area (Å²) in [6.07, 6.45) is 3.09. The van der Waals surface area contributed by atoms with Gasteiger partial charge in [0, 0.05) is 11.1 Å². The summed E-state index contributed by atoms with van der Waals surface area (Å²) in [6, 6.07) is 11.0. The molecule has 0 bridgehead atoms. The van der Waals surface area contributed by atoms with Crippen LogP contribution < -0.4 is 0 Å². The molecule has 20 heavy (non-hydrogen) atoms. The maximum absolute atomic E-state index is 10.5. The molecular formula is C16H12N2O2. The van der Waals surface area contributed by atoms with Crippen molar-refractivity contribution in [3.05, 3.63) is 47.5 Å². The highest BCUT2D eigenvalue weighted by Crippen LogP contribution is 2.37. The van der Waals surface area contributed by atoms with Crippen LogP contribution in [0.1, 0.15) is 11.1 Å². The molecule has 0 amide bonds. The fourth-order valence-corrected chi connectivity index (χ4v) is 2.02. The molecule has 2 aromatic rings. The number of aryl methyl sites for hydroxylation is 2. The van der Waals surface area contributed by atoms with Crippen LogP contribution >= 0.6 is 0 Å². The zero-order valence-electron chi connectivity index (χ0n) is 11.2. The predicted octanol–water partition coefficient (Wildman–Crippen LogP) is 3.91. The van der Waals surface area contributed by atoms with E-state index in [9.17, 15) is 9.59 Å². The first-order valence-electron chi connectivity index (χ1n) is 6.03. The molecule has 2 aromatic carbocycles. The standard InChI is InChI=1S/C16H12N2O2/c1-11-3-5-15(17-9-19)13(7-11)14-8-12(2)4-6-16(14)18-10-20/h3-8H,1-2H3. The van der Waals surface area contributed by atoms with E-state index in [-0.39, 0.29) is 0 Å². The summed E-state index contributed by atoms with van der Waals surface area (Å²) in [5.74, 6) is 0. The first-order valence-corrected chi connectivity index (χ1v) is 6.03. The Kier molecular flexibility index (Phi) is 4.02. The summed E-state index contributed by atoms with van der Waals surface area (Å²) in [6.45, 7) is 3.88. The third-order valence-corrected chi connectivity index (χ3v) is 2.93. The van der Waals surface area contributed by atoms with Gasteiger partial charge in [0.1, 0.15) is 0 Å². The van der Waals surface area contributed by atoms with Gasteiger partial charge in [0.15, 0.2) is 0 Å². The Balaban J connectivity index is 2.78. The fraction of sp³-hybridized carbons (Fsp3) is 0.125. The summed E-state index contributed by atoms with van der Waals surface area (Å²) >= 11 is 0. The number of hydrogen-bond donors (Lipinski definition) is 0. The lowest BCUT2D eigenvalue weighted by molar-refractivity contribution is 0.564. The van der Waals surface area contributed by atoms with Crippen molar-refractivity contribution in [3.8, 4) is 11.1 Å². The molecule has 4 heteroatoms. The Hall–Kier alpha value is -2.80. The van der Waals surface area contributed by atoms with Gasteiger partial charge >= 0.3 is 0 Å². The van der Waals surface area contributed by atoms with Gasteiger partial charge in [-0.25, -0.2) is 9.59 Å². The van der Waals surface area contributed by atoms with Crippen molar-refractivity contribution in [1.29, 1.82) is 0 Å². The zero-order valence-corrected chi connectivity index (χ0v) is 11.2. The van der Waals surface area contributed by atoms with Crippen molar-refractivity contribution in [3.63, 3.8) is 0 Å². The molecule has 0 N–H and O–H groups in total. The van der Waals surface area contributed by atoms with Gasteiger partial charge in [0.25, 0.3) is 0 Å². The van der Waals surface area contributed by atoms with E-state index >= 15 is 0 Å². The van der Waals surface area contributed by atoms with Gasteiger partial charge in [-0.1, -0.05) is 23.3 Å². The molecule has 0 atom stereocenters. The van der Waals surface area contributed by atoms with Crippen LogP contribution in [-0.2, 0) is 9.59 Å². The third-order valence-electron chi connectivity index (χ3n) is 2.93. The van der Waals surface area contributed by atoms with Gasteiger partial charge in [-0.3, -0.25) is 0 Å². The molecule has 0 aliphatic heterocycles. The van der Waals surface area contributed by atoms with E-state index < -0.39 is 0 Å². The molecule has 0 fully saturated rings. The lowest BCUT2D eigenvalue weighted by Gasteiger charge is -2.09. The lowest BCUT2D eigenvalue weighted by Crippen LogP contribution is -1.84. The van der Waals surface area contributed by atoms with Crippen LogP contribution in [0.15, 0.2) is 46.4 Å². The molecule has 0 saturated heterocycles. The van der Waals surface area contributed by atoms with Crippen molar-refractivity contribution < 1.29 is 9.59 Å². The molecule has 0 spiro atoms. The normalized spacial score (nSPS) is 9.50. The maximum Gasteiger partial charge on any atom is 0.240 e. The number of isocyanates is 2. The summed E-state index contributed by atoms with van der Waals surface area (Å²) < 4.78 is 0. The average Bonchev–Trinajstić information content (AvgIpc) is 2.43. The average molecular weight is 264 g/mol. The SMILES string of the molecule is Cc1ccc(N=C=O)c(-c2cc(C)ccc2N=C=O)c1. The highest BCUT2D eigenvalue weighted by molar-refractivity contribution is 5.86. The minimum Gasteiger partial charge on any atom is -0.211 e. The van der Waals surface area contributed by atoms with Crippen molar-refractivity contribution in [1.82, 2.24) is 0 Å². The maximum atomic E-state index is 10.5. The van der Waals surface area contributed by atoms with E-state index in [1.165, 1.54) is 0 Å². The second kappa shape index (κ2) is 5.89. The minimum atomic E-state index is 0.499. The number of aliphatic imine (C=N–C) groups is 2. The summed E-state index contributed by atoms with van der Waals surface area (Å²) in [4.78, 5) is 28.5. The highest BCUT2D eigenvalue weighted by atomic mass is 16.1. The van der Waals surface area contributed by atoms with Crippen LogP contribution in [-0.4, -0.2) is 12.2 Å². The molecule has 0 unspecified atom stereocenters. The summed E-state index contributed by atoms with van der Waals surface area (Å²) in [7, 11) is 0. The van der Waals surface area contributed by atoms with E-state index in [0.29, 0.717) is 11.4 Å². The lowest BCUT2D eigenvalue weighted by atomic mass is 9.98. The van der Waals surface area contributed by atoms with Crippen LogP contribution in [0.25, 0.3) is 11.1 Å². The third kappa shape index (κ3) is 2.78. The van der Waals surface area contributed by atoms with E-state index in [0.717, 1.165) is 22.3 Å². The van der Waals surface area contributed by atoms with Crippen molar-refractivity contribution in [2.45, 2.75) is 13.8 Å². The Morgan fingerprint density at radius 1 is 0.750 bits per heavy atom. The first kappa shape index (κ1) is 13.6. The zero-order chi connectivity index (χ0) is 14.5. The van der Waals surface area contributed by atoms with Crippen molar-refractivity contribution >= 4 is 23.5 Å². The monoisotopic (exact) mass is 264 g/mol. The van der Waals surface area contributed by atoms with Gasteiger partial charge in [0.05, 0.1) is 11.4 Å². The van der Waals surface area contributed by atoms with E-state index in [2.05, 4.69) is 9.98 Å². The molecule has 0 aromatic heterocycles. The molecule has 4 nitrogen and oxygen atoms in total. The number of carbonyl (C=O) groups excluding carboxylic acids is 2. The number of rotatable bonds is 3. The fourth-order valence-electron chi connectivity index (χ4n) is 2.02. The Morgan fingerprint density at radius 2 is 1.15 bits per heavy atom. The Bertz CT molecular complexity index is 688. The number of hydrogen-bond acceptors (Lipinski definition) is 4. The van der Waals surface area contributed by atoms with Gasteiger partial charge < -0.3 is 0 Å². The van der Waals surface area contributed by atoms with Crippen LogP contribution in [0.3, 0.4) is 0 Å². The van der Waals surface area contributed by atoms with E-state index in [4.69, 9.17) is 0 Å². The predicted molar refractivity (Wildman–Crippen MR) is 76.9 cm³/mol. The van der Waals surface area contributed by atoms with Crippen LogP contribution in [0.2, 0.25) is 0 Å². The largest absolute Gasteiger partial charge is 0.240 e. The Morgan fingerprint density at radius 3 is 1.50 bits per heavy atom. The van der Waals surface area contributed by atoms with Gasteiger partial charge in [-0.05, 0) is 38.1 Å². The highest BCUT2D eigenvalue weighted by Gasteiger charge is 2.10. The number of nitrogens with zero attached hydrogens (tertiary/aromatic N) is 2. The van der Waals surface area contributed by atoms with Gasteiger partial charge in [-0.2, -0.15) is 9.98 Å². The minimum absolute atomic E-state index is 0.499. The van der Waals surface area contributed by atoms with Crippen molar-refractivity contribution in [2.75, 3.05) is 0 Å². The molecular weight excluding hydrogens is 252 g/mol. The molecule has 98 valence electrons. The van der Waals surface area contributed by atoms with Crippen LogP contribution in [0.5, 0.6) is 0 Å². The molecule has 0 aliphatic rings. The van der Waals surface area contributed by atoms with E-state index in [1.54, 1.807) is 24.3 Å². The number of benzene rings is 2. The second-order valence-corrected chi connectivity index (χ2v) is 4.45. The Labute approximate surface area is 116 Å². The first-order chi connectivity index (χ1) is 9.65. The van der Waals surface area contributed by atoms with Crippen LogP contribution in [0, 0.1) is 13.8 Å². The quantitative estimate of drug-likeness (QED) is 0.623. The van der Waals surface area contributed by atoms with Crippen LogP contribution in [0.4, 0.5) is 11.4 Å². The van der Waals surface area contributed by atoms with Gasteiger partial charge in [-0.15, -0.1) is 0 Å². The smallest absolute Gasteiger partial charge is 0.211 e. The summed E-state index contributed by atoms with van der Waals surface area (Å²) in [5, 5.41) is 0. The molecule has 0 aliphatic carbocycles. The summed E-state index contributed by atoms with van der Waals surface area (Å²) in [5.41, 5.74) is 4.52. The second-order valence-electron chi connectivity index (χ2n) is 4.45. The van der Waals surface area contributed by atoms with E-state index in [1.807, 2.05) is 38.1 Å². The molecule has 0 saturated carbocycles. The molecule has 0 heterocycles. The molecule has 2 rings (SSSR count). The van der Waals surface area contributed by atoms with Gasteiger partial charge in [0.2, 0.25) is 12.2 Å². The topological polar surface area (TPSA) is 58.9 Å². The van der Waals surface area contributed by atoms with Crippen molar-refractivity contribution in [2.24, 2.45) is 9.98 Å².